The molecule has 0 N–H and O–H groups in total. The van der Waals surface area contributed by atoms with Gasteiger partial charge in [0.2, 0.25) is 5.78 Å². The first-order valence-corrected chi connectivity index (χ1v) is 8.98. The van der Waals surface area contributed by atoms with Crippen molar-refractivity contribution < 1.29 is 23.9 Å². The molecule has 27 heavy (non-hydrogen) atoms. The fraction of sp³-hybridized carbons (Fsp3) is 0.381. The molecule has 1 aliphatic rings. The Morgan fingerprint density at radius 1 is 1.11 bits per heavy atom. The highest BCUT2D eigenvalue weighted by atomic mass is 16.6. The van der Waals surface area contributed by atoms with E-state index in [1.165, 1.54) is 6.92 Å². The number of rotatable bonds is 8. The number of carbonyl (C=O) groups is 3. The number of hydrogen-bond donors (Lipinski definition) is 0. The number of hydrogen-bond acceptors (Lipinski definition) is 5. The first kappa shape index (κ1) is 18.9. The number of aromatic nitrogens is 1. The summed E-state index contributed by atoms with van der Waals surface area (Å²) in [6, 6.07) is 8.91. The lowest BCUT2D eigenvalue weighted by Crippen LogP contribution is -2.20. The Morgan fingerprint density at radius 3 is 2.52 bits per heavy atom. The molecule has 0 radical (unpaired) electrons. The topological polar surface area (TPSA) is 74.6 Å². The molecule has 142 valence electrons. The van der Waals surface area contributed by atoms with Crippen molar-refractivity contribution in [1.82, 2.24) is 4.57 Å². The van der Waals surface area contributed by atoms with Crippen LogP contribution in [0, 0.1) is 13.8 Å². The number of aryl methyl sites for hydroxylation is 1. The number of carbonyl (C=O) groups excluding carboxylic acids is 3. The van der Waals surface area contributed by atoms with Crippen LogP contribution in [-0.2, 0) is 9.53 Å². The first-order chi connectivity index (χ1) is 12.9. The van der Waals surface area contributed by atoms with Gasteiger partial charge in [-0.05, 0) is 51.8 Å². The van der Waals surface area contributed by atoms with Gasteiger partial charge in [0.15, 0.2) is 19.0 Å². The van der Waals surface area contributed by atoms with Crippen LogP contribution in [0.15, 0.2) is 30.3 Å². The van der Waals surface area contributed by atoms with E-state index in [0.29, 0.717) is 22.9 Å². The average Bonchev–Trinajstić information content (AvgIpc) is 3.43. The molecule has 0 unspecified atom stereocenters. The van der Waals surface area contributed by atoms with Crippen molar-refractivity contribution in [3.05, 3.63) is 52.8 Å². The van der Waals surface area contributed by atoms with Crippen LogP contribution in [0.4, 0.5) is 0 Å². The lowest BCUT2D eigenvalue weighted by Gasteiger charge is -2.09. The van der Waals surface area contributed by atoms with E-state index in [1.807, 2.05) is 19.9 Å². The largest absolute Gasteiger partial charge is 0.482 e. The second kappa shape index (κ2) is 7.78. The van der Waals surface area contributed by atoms with Crippen LogP contribution >= 0.6 is 0 Å². The minimum atomic E-state index is -0.632. The Labute approximate surface area is 158 Å². The molecule has 0 saturated heterocycles. The van der Waals surface area contributed by atoms with Gasteiger partial charge in [-0.2, -0.15) is 0 Å². The number of nitrogens with zero attached hydrogens (tertiary/aromatic N) is 1. The van der Waals surface area contributed by atoms with Crippen LogP contribution in [0.1, 0.15) is 57.9 Å². The molecule has 0 spiro atoms. The second-order valence-electron chi connectivity index (χ2n) is 6.84. The molecule has 1 heterocycles. The highest BCUT2D eigenvalue weighted by molar-refractivity contribution is 5.99. The Hall–Kier alpha value is -2.89. The highest BCUT2D eigenvalue weighted by Crippen LogP contribution is 2.38. The van der Waals surface area contributed by atoms with Crippen LogP contribution in [0.5, 0.6) is 5.75 Å². The summed E-state index contributed by atoms with van der Waals surface area (Å²) in [6.07, 6.45) is 2.28. The van der Waals surface area contributed by atoms with Crippen LogP contribution in [-0.4, -0.2) is 35.3 Å². The quantitative estimate of drug-likeness (QED) is 0.526. The Balaban J connectivity index is 1.52. The van der Waals surface area contributed by atoms with E-state index in [9.17, 15) is 14.4 Å². The molecule has 2 aromatic rings. The predicted molar refractivity (Wildman–Crippen MR) is 99.4 cm³/mol. The fourth-order valence-electron chi connectivity index (χ4n) is 3.17. The maximum absolute atomic E-state index is 12.4. The van der Waals surface area contributed by atoms with E-state index in [-0.39, 0.29) is 24.8 Å². The standard InChI is InChI=1S/C21H23NO5/c1-13-9-19(14(2)22(13)17-7-8-17)20(24)11-27-21(25)12-26-18-6-4-5-16(10-18)15(3)23/h4-6,9-10,17H,7-8,11-12H2,1-3H3. The summed E-state index contributed by atoms with van der Waals surface area (Å²) in [4.78, 5) is 35.6. The van der Waals surface area contributed by atoms with Gasteiger partial charge in [-0.1, -0.05) is 12.1 Å². The monoisotopic (exact) mass is 369 g/mol. The summed E-state index contributed by atoms with van der Waals surface area (Å²) in [7, 11) is 0. The van der Waals surface area contributed by atoms with Crippen LogP contribution in [0.3, 0.4) is 0 Å². The van der Waals surface area contributed by atoms with Crippen molar-refractivity contribution in [2.75, 3.05) is 13.2 Å². The molecule has 1 aliphatic carbocycles. The van der Waals surface area contributed by atoms with Gasteiger partial charge < -0.3 is 14.0 Å². The molecular weight excluding hydrogens is 346 g/mol. The molecule has 6 nitrogen and oxygen atoms in total. The van der Waals surface area contributed by atoms with Crippen molar-refractivity contribution in [1.29, 1.82) is 0 Å². The number of esters is 1. The SMILES string of the molecule is CC(=O)c1cccc(OCC(=O)OCC(=O)c2cc(C)n(C3CC3)c2C)c1. The predicted octanol–water partition coefficient (Wildman–Crippen LogP) is 3.45. The fourth-order valence-corrected chi connectivity index (χ4v) is 3.17. The summed E-state index contributed by atoms with van der Waals surface area (Å²) < 4.78 is 12.6. The molecule has 1 aromatic heterocycles. The third-order valence-corrected chi connectivity index (χ3v) is 4.66. The van der Waals surface area contributed by atoms with Crippen molar-refractivity contribution in [3.8, 4) is 5.75 Å². The third kappa shape index (κ3) is 4.45. The number of ether oxygens (including phenoxy) is 2. The number of Topliss-reactive ketones (excluding diaryl/α,β-unsaturated/α-hetero) is 2. The summed E-state index contributed by atoms with van der Waals surface area (Å²) in [5.74, 6) is -0.536. The lowest BCUT2D eigenvalue weighted by atomic mass is 10.1. The summed E-state index contributed by atoms with van der Waals surface area (Å²) in [6.45, 7) is 4.72. The Kier molecular flexibility index (Phi) is 5.44. The van der Waals surface area contributed by atoms with Crippen LogP contribution < -0.4 is 4.74 Å². The summed E-state index contributed by atoms with van der Waals surface area (Å²) in [5, 5.41) is 0. The molecule has 1 saturated carbocycles. The zero-order valence-corrected chi connectivity index (χ0v) is 15.8. The average molecular weight is 369 g/mol. The van der Waals surface area contributed by atoms with E-state index in [2.05, 4.69) is 4.57 Å². The van der Waals surface area contributed by atoms with Gasteiger partial charge in [-0.3, -0.25) is 9.59 Å². The Morgan fingerprint density at radius 2 is 1.85 bits per heavy atom. The summed E-state index contributed by atoms with van der Waals surface area (Å²) in [5.41, 5.74) is 3.08. The first-order valence-electron chi connectivity index (χ1n) is 8.98. The van der Waals surface area contributed by atoms with Gasteiger partial charge in [0, 0.05) is 28.6 Å². The Bertz CT molecular complexity index is 892. The molecule has 3 rings (SSSR count). The smallest absolute Gasteiger partial charge is 0.344 e. The molecule has 0 aliphatic heterocycles. The molecule has 1 aromatic carbocycles. The van der Waals surface area contributed by atoms with E-state index in [1.54, 1.807) is 24.3 Å². The van der Waals surface area contributed by atoms with Crippen molar-refractivity contribution >= 4 is 17.5 Å². The van der Waals surface area contributed by atoms with Crippen molar-refractivity contribution in [2.24, 2.45) is 0 Å². The maximum Gasteiger partial charge on any atom is 0.344 e. The number of benzene rings is 1. The lowest BCUT2D eigenvalue weighted by molar-refractivity contribution is -0.144. The van der Waals surface area contributed by atoms with Gasteiger partial charge >= 0.3 is 5.97 Å². The van der Waals surface area contributed by atoms with E-state index >= 15 is 0 Å². The number of ketones is 2. The van der Waals surface area contributed by atoms with E-state index in [4.69, 9.17) is 9.47 Å². The summed E-state index contributed by atoms with van der Waals surface area (Å²) >= 11 is 0. The van der Waals surface area contributed by atoms with Gasteiger partial charge in [-0.15, -0.1) is 0 Å². The highest BCUT2D eigenvalue weighted by Gasteiger charge is 2.28. The molecule has 6 heteroatoms. The molecule has 0 amide bonds. The molecule has 0 atom stereocenters. The zero-order chi connectivity index (χ0) is 19.6. The minimum Gasteiger partial charge on any atom is -0.482 e. The van der Waals surface area contributed by atoms with E-state index in [0.717, 1.165) is 24.2 Å². The van der Waals surface area contributed by atoms with Crippen LogP contribution in [0.25, 0.3) is 0 Å². The van der Waals surface area contributed by atoms with E-state index < -0.39 is 5.97 Å². The van der Waals surface area contributed by atoms with Gasteiger partial charge in [-0.25, -0.2) is 4.79 Å². The van der Waals surface area contributed by atoms with Crippen molar-refractivity contribution in [3.63, 3.8) is 0 Å². The molecular formula is C21H23NO5. The molecule has 1 fully saturated rings. The second-order valence-corrected chi connectivity index (χ2v) is 6.84. The molecule has 0 bridgehead atoms. The van der Waals surface area contributed by atoms with Gasteiger partial charge in [0.1, 0.15) is 5.75 Å². The zero-order valence-electron chi connectivity index (χ0n) is 15.8. The maximum atomic E-state index is 12.4. The van der Waals surface area contributed by atoms with Crippen molar-refractivity contribution in [2.45, 2.75) is 39.7 Å². The van der Waals surface area contributed by atoms with Gasteiger partial charge in [0.05, 0.1) is 0 Å². The third-order valence-electron chi connectivity index (χ3n) is 4.66. The normalized spacial score (nSPS) is 13.3. The van der Waals surface area contributed by atoms with Crippen LogP contribution in [0.2, 0.25) is 0 Å². The van der Waals surface area contributed by atoms with Gasteiger partial charge in [0.25, 0.3) is 0 Å². The minimum absolute atomic E-state index is 0.0857.